The summed E-state index contributed by atoms with van der Waals surface area (Å²) >= 11 is 3.57. The fourth-order valence-electron chi connectivity index (χ4n) is 4.23. The van der Waals surface area contributed by atoms with Crippen LogP contribution in [0.15, 0.2) is 53.0 Å². The van der Waals surface area contributed by atoms with E-state index in [4.69, 9.17) is 0 Å². The van der Waals surface area contributed by atoms with Crippen LogP contribution >= 0.6 is 32.9 Å². The summed E-state index contributed by atoms with van der Waals surface area (Å²) in [5, 5.41) is 0. The van der Waals surface area contributed by atoms with E-state index in [0.717, 1.165) is 18.5 Å². The van der Waals surface area contributed by atoms with Crippen LogP contribution in [0.25, 0.3) is 0 Å². The molecule has 2 aliphatic rings. The average molecular weight is 466 g/mol. The zero-order valence-electron chi connectivity index (χ0n) is 14.9. The van der Waals surface area contributed by atoms with Gasteiger partial charge in [-0.25, -0.2) is 0 Å². The zero-order valence-corrected chi connectivity index (χ0v) is 18.2. The van der Waals surface area contributed by atoms with E-state index in [0.29, 0.717) is 6.04 Å². The third-order valence-electron chi connectivity index (χ3n) is 5.58. The van der Waals surface area contributed by atoms with Gasteiger partial charge in [-0.3, -0.25) is 4.90 Å². The summed E-state index contributed by atoms with van der Waals surface area (Å²) in [6.45, 7) is 8.05. The van der Waals surface area contributed by atoms with Crippen molar-refractivity contribution in [3.05, 3.63) is 64.1 Å². The van der Waals surface area contributed by atoms with Gasteiger partial charge in [0.25, 0.3) is 0 Å². The highest BCUT2D eigenvalue weighted by atomic mass is 79.9. The van der Waals surface area contributed by atoms with Crippen molar-refractivity contribution in [2.75, 3.05) is 24.5 Å². The largest absolute Gasteiger partial charge is 0.366 e. The van der Waals surface area contributed by atoms with E-state index >= 15 is 0 Å². The van der Waals surface area contributed by atoms with E-state index in [1.807, 2.05) is 0 Å². The Balaban J connectivity index is 0.00000182. The van der Waals surface area contributed by atoms with Gasteiger partial charge in [0.15, 0.2) is 0 Å². The van der Waals surface area contributed by atoms with Gasteiger partial charge in [0.2, 0.25) is 0 Å². The molecule has 2 aromatic carbocycles. The van der Waals surface area contributed by atoms with Crippen molar-refractivity contribution in [1.29, 1.82) is 0 Å². The predicted octanol–water partition coefficient (Wildman–Crippen LogP) is 5.40. The zero-order chi connectivity index (χ0) is 16.7. The molecular weight excluding hydrogens is 440 g/mol. The van der Waals surface area contributed by atoms with Crippen molar-refractivity contribution in [2.45, 2.75) is 38.3 Å². The molecule has 25 heavy (non-hydrogen) atoms. The second-order valence-corrected chi connectivity index (χ2v) is 8.20. The molecule has 134 valence electrons. The molecule has 1 saturated carbocycles. The molecule has 0 N–H and O–H groups in total. The van der Waals surface area contributed by atoms with Gasteiger partial charge < -0.3 is 4.90 Å². The third-order valence-corrected chi connectivity index (χ3v) is 6.07. The van der Waals surface area contributed by atoms with E-state index in [-0.39, 0.29) is 17.0 Å². The van der Waals surface area contributed by atoms with Crippen LogP contribution in [0.3, 0.4) is 0 Å². The Morgan fingerprint density at radius 3 is 2.48 bits per heavy atom. The molecule has 1 aliphatic heterocycles. The van der Waals surface area contributed by atoms with E-state index < -0.39 is 0 Å². The number of rotatable bonds is 3. The molecule has 1 unspecified atom stereocenters. The van der Waals surface area contributed by atoms with Crippen molar-refractivity contribution in [3.8, 4) is 0 Å². The first kappa shape index (κ1) is 18.9. The number of aryl methyl sites for hydroxylation is 1. The molecule has 0 spiro atoms. The Morgan fingerprint density at radius 2 is 1.80 bits per heavy atom. The highest BCUT2D eigenvalue weighted by Crippen LogP contribution is 2.45. The number of piperazine rings is 1. The van der Waals surface area contributed by atoms with Crippen LogP contribution < -0.4 is 4.90 Å². The first-order chi connectivity index (χ1) is 11.6. The Morgan fingerprint density at radius 1 is 1.04 bits per heavy atom. The number of benzene rings is 2. The quantitative estimate of drug-likeness (QED) is 0.598. The summed E-state index contributed by atoms with van der Waals surface area (Å²) < 4.78 is 1.17. The number of nitrogens with zero attached hydrogens (tertiary/aromatic N) is 2. The molecule has 0 bridgehead atoms. The monoisotopic (exact) mass is 464 g/mol. The first-order valence-corrected chi connectivity index (χ1v) is 9.74. The molecule has 2 aromatic rings. The minimum atomic E-state index is 0. The van der Waals surface area contributed by atoms with Gasteiger partial charge in [-0.2, -0.15) is 0 Å². The maximum absolute atomic E-state index is 3.57. The predicted molar refractivity (Wildman–Crippen MR) is 115 cm³/mol. The SMILES string of the molecule is Br.Cc1cc(Br)ccc1N1CCN([C@@H]2C[C@H]2c2ccccc2)CC1C. The summed E-state index contributed by atoms with van der Waals surface area (Å²) in [5.74, 6) is 0.749. The van der Waals surface area contributed by atoms with Gasteiger partial charge in [0.05, 0.1) is 0 Å². The van der Waals surface area contributed by atoms with Gasteiger partial charge in [0, 0.05) is 47.8 Å². The normalized spacial score (nSPS) is 26.2. The molecule has 4 rings (SSSR count). The van der Waals surface area contributed by atoms with Crippen LogP contribution in [-0.2, 0) is 0 Å². The molecule has 0 amide bonds. The number of anilines is 1. The summed E-state index contributed by atoms with van der Waals surface area (Å²) in [4.78, 5) is 5.30. The molecule has 1 aliphatic carbocycles. The molecular formula is C21H26Br2N2. The van der Waals surface area contributed by atoms with Gasteiger partial charge in [-0.05, 0) is 49.6 Å². The van der Waals surface area contributed by atoms with Gasteiger partial charge >= 0.3 is 0 Å². The number of hydrogen-bond donors (Lipinski definition) is 0. The summed E-state index contributed by atoms with van der Waals surface area (Å²) in [6.07, 6.45) is 1.33. The van der Waals surface area contributed by atoms with Gasteiger partial charge in [-0.15, -0.1) is 17.0 Å². The van der Waals surface area contributed by atoms with Crippen LogP contribution in [0.1, 0.15) is 30.4 Å². The lowest BCUT2D eigenvalue weighted by atomic mass is 10.1. The fourth-order valence-corrected chi connectivity index (χ4v) is 4.71. The maximum atomic E-state index is 3.57. The minimum Gasteiger partial charge on any atom is -0.366 e. The Bertz CT molecular complexity index is 719. The average Bonchev–Trinajstić information content (AvgIpc) is 3.37. The maximum Gasteiger partial charge on any atom is 0.0400 e. The smallest absolute Gasteiger partial charge is 0.0400 e. The number of hydrogen-bond acceptors (Lipinski definition) is 2. The molecule has 0 radical (unpaired) electrons. The second-order valence-electron chi connectivity index (χ2n) is 7.29. The standard InChI is InChI=1S/C21H25BrN2.BrH/c1-15-12-18(22)8-9-20(15)24-11-10-23(14-16(24)2)21-13-19(21)17-6-4-3-5-7-17;/h3-9,12,16,19,21H,10-11,13-14H2,1-2H3;1H/t16?,19-,21+;/m0./s1. The van der Waals surface area contributed by atoms with Gasteiger partial charge in [0.1, 0.15) is 0 Å². The molecule has 2 nitrogen and oxygen atoms in total. The molecule has 1 saturated heterocycles. The summed E-state index contributed by atoms with van der Waals surface area (Å²) in [5.41, 5.74) is 4.26. The summed E-state index contributed by atoms with van der Waals surface area (Å²) in [6, 6.07) is 19.0. The van der Waals surface area contributed by atoms with E-state index in [2.05, 4.69) is 88.1 Å². The second kappa shape index (κ2) is 7.81. The minimum absolute atomic E-state index is 0. The topological polar surface area (TPSA) is 6.48 Å². The van der Waals surface area contributed by atoms with E-state index in [1.54, 1.807) is 0 Å². The van der Waals surface area contributed by atoms with Crippen molar-refractivity contribution in [1.82, 2.24) is 4.90 Å². The lowest BCUT2D eigenvalue weighted by Crippen LogP contribution is -2.53. The van der Waals surface area contributed by atoms with Crippen molar-refractivity contribution >= 4 is 38.6 Å². The van der Waals surface area contributed by atoms with E-state index in [9.17, 15) is 0 Å². The van der Waals surface area contributed by atoms with E-state index in [1.165, 1.54) is 40.8 Å². The highest BCUT2D eigenvalue weighted by molar-refractivity contribution is 9.10. The van der Waals surface area contributed by atoms with Crippen LogP contribution in [0.4, 0.5) is 5.69 Å². The fraction of sp³-hybridized carbons (Fsp3) is 0.429. The van der Waals surface area contributed by atoms with Crippen molar-refractivity contribution < 1.29 is 0 Å². The highest BCUT2D eigenvalue weighted by Gasteiger charge is 2.44. The Labute approximate surface area is 170 Å². The number of halogens is 2. The van der Waals surface area contributed by atoms with Crippen molar-refractivity contribution in [2.24, 2.45) is 0 Å². The Hall–Kier alpha value is -0.840. The molecule has 2 fully saturated rings. The Kier molecular flexibility index (Phi) is 5.92. The molecule has 3 atom stereocenters. The van der Waals surface area contributed by atoms with Crippen LogP contribution in [0.5, 0.6) is 0 Å². The van der Waals surface area contributed by atoms with Crippen LogP contribution in [0.2, 0.25) is 0 Å². The molecule has 1 heterocycles. The first-order valence-electron chi connectivity index (χ1n) is 8.95. The summed E-state index contributed by atoms with van der Waals surface area (Å²) in [7, 11) is 0. The van der Waals surface area contributed by atoms with Gasteiger partial charge in [-0.1, -0.05) is 46.3 Å². The lowest BCUT2D eigenvalue weighted by Gasteiger charge is -2.42. The van der Waals surface area contributed by atoms with Crippen LogP contribution in [-0.4, -0.2) is 36.6 Å². The van der Waals surface area contributed by atoms with Crippen LogP contribution in [0, 0.1) is 6.92 Å². The molecule has 0 aromatic heterocycles. The molecule has 4 heteroatoms. The third kappa shape index (κ3) is 3.96. The van der Waals surface area contributed by atoms with Crippen molar-refractivity contribution in [3.63, 3.8) is 0 Å². The lowest BCUT2D eigenvalue weighted by molar-refractivity contribution is 0.216.